The number of nitrogens with zero attached hydrogens (tertiary/aromatic N) is 2. The Bertz CT molecular complexity index is 839. The first-order valence-corrected chi connectivity index (χ1v) is 10.5. The number of hydrogen-bond acceptors (Lipinski definition) is 2. The Morgan fingerprint density at radius 2 is 1.89 bits per heavy atom. The molecule has 0 unspecified atom stereocenters. The molecule has 1 amide bonds. The maximum absolute atomic E-state index is 13.5. The van der Waals surface area contributed by atoms with E-state index in [4.69, 9.17) is 23.2 Å². The zero-order chi connectivity index (χ0) is 18.8. The quantitative estimate of drug-likeness (QED) is 0.692. The number of carbonyl (C=O) groups is 1. The van der Waals surface area contributed by atoms with Crippen LogP contribution in [0.2, 0.25) is 10.0 Å². The van der Waals surface area contributed by atoms with Gasteiger partial charge in [0.1, 0.15) is 0 Å². The van der Waals surface area contributed by atoms with E-state index in [1.165, 1.54) is 5.56 Å². The molecule has 3 nitrogen and oxygen atoms in total. The van der Waals surface area contributed by atoms with Gasteiger partial charge in [-0.3, -0.25) is 9.69 Å². The van der Waals surface area contributed by atoms with Gasteiger partial charge < -0.3 is 4.90 Å². The summed E-state index contributed by atoms with van der Waals surface area (Å²) in [6.07, 6.45) is 5.17. The lowest BCUT2D eigenvalue weighted by Gasteiger charge is -2.39. The summed E-state index contributed by atoms with van der Waals surface area (Å²) in [4.78, 5) is 17.8. The molecular formula is C22H24Cl2N2O. The normalized spacial score (nSPS) is 20.4. The first-order chi connectivity index (χ1) is 13.1. The Morgan fingerprint density at radius 1 is 1.04 bits per heavy atom. The van der Waals surface area contributed by atoms with E-state index in [1.54, 1.807) is 6.07 Å². The number of likely N-dealkylation sites (tertiary alicyclic amines) is 1. The van der Waals surface area contributed by atoms with Gasteiger partial charge in [-0.15, -0.1) is 0 Å². The number of para-hydroxylation sites is 1. The van der Waals surface area contributed by atoms with Crippen molar-refractivity contribution in [2.24, 2.45) is 0 Å². The number of hydrogen-bond donors (Lipinski definition) is 0. The number of benzene rings is 2. The molecule has 2 aliphatic rings. The average Bonchev–Trinajstić information content (AvgIpc) is 2.70. The van der Waals surface area contributed by atoms with Crippen LogP contribution in [0.15, 0.2) is 42.5 Å². The van der Waals surface area contributed by atoms with Crippen LogP contribution < -0.4 is 4.90 Å². The van der Waals surface area contributed by atoms with Crippen LogP contribution in [0.4, 0.5) is 5.69 Å². The zero-order valence-corrected chi connectivity index (χ0v) is 16.8. The number of fused-ring (bicyclic) bond motifs is 1. The second-order valence-electron chi connectivity index (χ2n) is 7.44. The molecule has 1 fully saturated rings. The summed E-state index contributed by atoms with van der Waals surface area (Å²) in [6.45, 7) is 2.37. The van der Waals surface area contributed by atoms with Crippen molar-refractivity contribution in [1.82, 2.24) is 4.90 Å². The van der Waals surface area contributed by atoms with E-state index in [-0.39, 0.29) is 11.9 Å². The lowest BCUT2D eigenvalue weighted by atomic mass is 9.96. The molecule has 2 aliphatic heterocycles. The number of amides is 1. The molecule has 2 aromatic carbocycles. The molecule has 1 atom stereocenters. The van der Waals surface area contributed by atoms with E-state index in [1.807, 2.05) is 23.1 Å². The molecule has 0 aliphatic carbocycles. The van der Waals surface area contributed by atoms with E-state index in [0.29, 0.717) is 16.6 Å². The van der Waals surface area contributed by atoms with Crippen molar-refractivity contribution >= 4 is 34.8 Å². The summed E-state index contributed by atoms with van der Waals surface area (Å²) in [5.74, 6) is 0.222. The first-order valence-electron chi connectivity index (χ1n) is 9.71. The molecule has 4 rings (SSSR count). The van der Waals surface area contributed by atoms with Gasteiger partial charge in [0.2, 0.25) is 5.91 Å². The summed E-state index contributed by atoms with van der Waals surface area (Å²) >= 11 is 12.5. The van der Waals surface area contributed by atoms with Crippen molar-refractivity contribution in [2.45, 2.75) is 44.7 Å². The highest BCUT2D eigenvalue weighted by atomic mass is 35.5. The number of anilines is 1. The fourth-order valence-electron chi connectivity index (χ4n) is 4.29. The highest BCUT2D eigenvalue weighted by molar-refractivity contribution is 6.33. The molecule has 0 aromatic heterocycles. The smallest absolute Gasteiger partial charge is 0.244 e. The predicted molar refractivity (Wildman–Crippen MR) is 112 cm³/mol. The van der Waals surface area contributed by atoms with Gasteiger partial charge in [-0.25, -0.2) is 0 Å². The number of piperidine rings is 1. The van der Waals surface area contributed by atoms with Crippen LogP contribution in [-0.4, -0.2) is 29.9 Å². The fourth-order valence-corrected chi connectivity index (χ4v) is 4.66. The van der Waals surface area contributed by atoms with Crippen LogP contribution in [0.5, 0.6) is 0 Å². The molecule has 0 N–H and O–H groups in total. The van der Waals surface area contributed by atoms with Gasteiger partial charge in [0, 0.05) is 28.8 Å². The predicted octanol–water partition coefficient (Wildman–Crippen LogP) is 5.33. The molecule has 5 heteroatoms. The molecule has 2 aromatic rings. The molecule has 27 heavy (non-hydrogen) atoms. The van der Waals surface area contributed by atoms with Gasteiger partial charge in [-0.05, 0) is 67.6 Å². The lowest BCUT2D eigenvalue weighted by Crippen LogP contribution is -2.51. The van der Waals surface area contributed by atoms with Gasteiger partial charge in [0.05, 0.1) is 6.04 Å². The molecule has 0 saturated carbocycles. The van der Waals surface area contributed by atoms with E-state index in [2.05, 4.69) is 23.1 Å². The van der Waals surface area contributed by atoms with E-state index in [9.17, 15) is 4.79 Å². The minimum atomic E-state index is -0.0973. The second-order valence-corrected chi connectivity index (χ2v) is 8.28. The van der Waals surface area contributed by atoms with E-state index in [0.717, 1.165) is 56.4 Å². The van der Waals surface area contributed by atoms with Crippen molar-refractivity contribution in [3.8, 4) is 0 Å². The number of carbonyl (C=O) groups excluding carboxylic acids is 1. The van der Waals surface area contributed by atoms with Crippen LogP contribution >= 0.6 is 23.2 Å². The molecule has 0 spiro atoms. The van der Waals surface area contributed by atoms with Crippen molar-refractivity contribution in [3.05, 3.63) is 63.6 Å². The largest absolute Gasteiger partial charge is 0.311 e. The van der Waals surface area contributed by atoms with Gasteiger partial charge in [0.15, 0.2) is 0 Å². The third kappa shape index (κ3) is 4.01. The third-order valence-electron chi connectivity index (χ3n) is 5.66. The number of halogens is 2. The standard InChI is InChI=1S/C22H24Cl2N2O/c23-18-10-11-19(24)17(14-18)15-25-12-4-3-9-21(25)22(27)26-13-5-7-16-6-1-2-8-20(16)26/h1-2,6,8,10-11,14,21H,3-5,7,9,12-13,15H2/t21-/m0/s1. The fraction of sp³-hybridized carbons (Fsp3) is 0.409. The Balaban J connectivity index is 1.58. The van der Waals surface area contributed by atoms with Crippen molar-refractivity contribution in [2.75, 3.05) is 18.0 Å². The summed E-state index contributed by atoms with van der Waals surface area (Å²) in [7, 11) is 0. The SMILES string of the molecule is O=C([C@@H]1CCCCN1Cc1cc(Cl)ccc1Cl)N1CCCc2ccccc21. The maximum Gasteiger partial charge on any atom is 0.244 e. The highest BCUT2D eigenvalue weighted by Gasteiger charge is 2.34. The van der Waals surface area contributed by atoms with Gasteiger partial charge >= 0.3 is 0 Å². The van der Waals surface area contributed by atoms with Gasteiger partial charge in [0.25, 0.3) is 0 Å². The van der Waals surface area contributed by atoms with Crippen molar-refractivity contribution in [3.63, 3.8) is 0 Å². The van der Waals surface area contributed by atoms with Crippen LogP contribution in [0.1, 0.15) is 36.8 Å². The van der Waals surface area contributed by atoms with Crippen LogP contribution in [-0.2, 0) is 17.8 Å². The van der Waals surface area contributed by atoms with Crippen LogP contribution in [0.3, 0.4) is 0 Å². The summed E-state index contributed by atoms with van der Waals surface area (Å²) in [6, 6.07) is 13.7. The molecule has 1 saturated heterocycles. The Labute approximate surface area is 170 Å². The minimum Gasteiger partial charge on any atom is -0.311 e. The molecular weight excluding hydrogens is 379 g/mol. The molecule has 2 heterocycles. The third-order valence-corrected chi connectivity index (χ3v) is 6.26. The minimum absolute atomic E-state index is 0.0973. The molecule has 0 radical (unpaired) electrons. The lowest BCUT2D eigenvalue weighted by molar-refractivity contribution is -0.125. The maximum atomic E-state index is 13.5. The highest BCUT2D eigenvalue weighted by Crippen LogP contribution is 2.31. The van der Waals surface area contributed by atoms with Crippen molar-refractivity contribution in [1.29, 1.82) is 0 Å². The number of aryl methyl sites for hydroxylation is 1. The molecule has 0 bridgehead atoms. The Hall–Kier alpha value is -1.55. The monoisotopic (exact) mass is 402 g/mol. The molecule has 142 valence electrons. The number of rotatable bonds is 3. The van der Waals surface area contributed by atoms with Gasteiger partial charge in [-0.2, -0.15) is 0 Å². The summed E-state index contributed by atoms with van der Waals surface area (Å²) in [5.41, 5.74) is 3.35. The summed E-state index contributed by atoms with van der Waals surface area (Å²) < 4.78 is 0. The topological polar surface area (TPSA) is 23.6 Å². The van der Waals surface area contributed by atoms with Crippen LogP contribution in [0, 0.1) is 0 Å². The average molecular weight is 403 g/mol. The zero-order valence-electron chi connectivity index (χ0n) is 15.3. The van der Waals surface area contributed by atoms with E-state index < -0.39 is 0 Å². The van der Waals surface area contributed by atoms with Gasteiger partial charge in [-0.1, -0.05) is 47.8 Å². The van der Waals surface area contributed by atoms with Crippen LogP contribution in [0.25, 0.3) is 0 Å². The van der Waals surface area contributed by atoms with E-state index >= 15 is 0 Å². The van der Waals surface area contributed by atoms with Crippen molar-refractivity contribution < 1.29 is 4.79 Å². The summed E-state index contributed by atoms with van der Waals surface area (Å²) in [5, 5.41) is 1.39. The second kappa shape index (κ2) is 8.22. The Morgan fingerprint density at radius 3 is 2.78 bits per heavy atom. The Kier molecular flexibility index (Phi) is 5.72. The first kappa shape index (κ1) is 18.8.